The summed E-state index contributed by atoms with van der Waals surface area (Å²) in [6.45, 7) is 3.37. The summed E-state index contributed by atoms with van der Waals surface area (Å²) >= 11 is 6.23. The number of halogens is 2. The van der Waals surface area contributed by atoms with Crippen molar-refractivity contribution in [1.82, 2.24) is 9.80 Å². The van der Waals surface area contributed by atoms with E-state index in [1.807, 2.05) is 37.3 Å². The Hall–Kier alpha value is -3.47. The number of aliphatic hydroxyl groups is 1. The highest BCUT2D eigenvalue weighted by molar-refractivity contribution is 6.33. The maximum Gasteiger partial charge on any atom is 0.152 e. The SMILES string of the molecule is CN(C)/C=C\c1c(OC2CC3(C2)CN(CCNc2cc(NCC=O)c(C=N)cc2F)C3)ccc(Cl)c1C=O.CO. The summed E-state index contributed by atoms with van der Waals surface area (Å²) in [7, 11) is 4.81. The van der Waals surface area contributed by atoms with Crippen LogP contribution in [0.2, 0.25) is 5.02 Å². The number of nitrogens with zero attached hydrogens (tertiary/aromatic N) is 2. The lowest BCUT2D eigenvalue weighted by Gasteiger charge is -2.58. The van der Waals surface area contributed by atoms with E-state index < -0.39 is 5.82 Å². The summed E-state index contributed by atoms with van der Waals surface area (Å²) in [5.41, 5.74) is 2.63. The van der Waals surface area contributed by atoms with Crippen LogP contribution in [0.3, 0.4) is 0 Å². The molecule has 1 spiro atoms. The third-order valence-electron chi connectivity index (χ3n) is 7.00. The molecule has 1 heterocycles. The number of anilines is 2. The van der Waals surface area contributed by atoms with E-state index in [1.165, 1.54) is 6.07 Å². The highest BCUT2D eigenvalue weighted by Gasteiger charge is 2.53. The van der Waals surface area contributed by atoms with Gasteiger partial charge in [0.2, 0.25) is 0 Å². The van der Waals surface area contributed by atoms with Gasteiger partial charge >= 0.3 is 0 Å². The second kappa shape index (κ2) is 14.2. The van der Waals surface area contributed by atoms with E-state index in [4.69, 9.17) is 26.9 Å². The van der Waals surface area contributed by atoms with Gasteiger partial charge in [-0.1, -0.05) is 11.6 Å². The lowest BCUT2D eigenvalue weighted by atomic mass is 9.61. The molecule has 0 atom stereocenters. The van der Waals surface area contributed by atoms with Crippen LogP contribution in [0.4, 0.5) is 15.8 Å². The van der Waals surface area contributed by atoms with Crippen molar-refractivity contribution >= 4 is 47.8 Å². The average Bonchev–Trinajstić information content (AvgIpc) is 2.90. The highest BCUT2D eigenvalue weighted by atomic mass is 35.5. The van der Waals surface area contributed by atoms with Crippen molar-refractivity contribution in [3.63, 3.8) is 0 Å². The molecule has 1 saturated heterocycles. The number of likely N-dealkylation sites (tertiary alicyclic amines) is 1. The fourth-order valence-corrected chi connectivity index (χ4v) is 5.40. The molecule has 0 unspecified atom stereocenters. The second-order valence-electron chi connectivity index (χ2n) is 10.2. The van der Waals surface area contributed by atoms with Crippen molar-refractivity contribution in [2.24, 2.45) is 5.41 Å². The van der Waals surface area contributed by atoms with Gasteiger partial charge in [-0.15, -0.1) is 0 Å². The summed E-state index contributed by atoms with van der Waals surface area (Å²) in [6, 6.07) is 6.40. The Morgan fingerprint density at radius 2 is 1.90 bits per heavy atom. The zero-order valence-electron chi connectivity index (χ0n) is 23.0. The largest absolute Gasteiger partial charge is 0.490 e. The fraction of sp³-hybridized carbons (Fsp3) is 0.414. The van der Waals surface area contributed by atoms with Gasteiger partial charge in [-0.25, -0.2) is 4.39 Å². The van der Waals surface area contributed by atoms with Crippen LogP contribution in [-0.4, -0.2) is 93.7 Å². The van der Waals surface area contributed by atoms with E-state index in [9.17, 15) is 14.0 Å². The van der Waals surface area contributed by atoms with Gasteiger partial charge in [0.15, 0.2) is 6.29 Å². The first-order valence-electron chi connectivity index (χ1n) is 13.0. The van der Waals surface area contributed by atoms with Gasteiger partial charge in [-0.3, -0.25) is 4.79 Å². The number of nitrogens with one attached hydrogen (secondary N) is 3. The van der Waals surface area contributed by atoms with Crippen molar-refractivity contribution < 1.29 is 23.8 Å². The van der Waals surface area contributed by atoms with Crippen molar-refractivity contribution in [1.29, 1.82) is 5.41 Å². The highest BCUT2D eigenvalue weighted by Crippen LogP contribution is 2.50. The maximum absolute atomic E-state index is 14.4. The smallest absolute Gasteiger partial charge is 0.152 e. The average molecular weight is 574 g/mol. The minimum atomic E-state index is -0.432. The van der Waals surface area contributed by atoms with E-state index in [1.54, 1.807) is 12.1 Å². The minimum absolute atomic E-state index is 0.0844. The zero-order chi connectivity index (χ0) is 29.3. The molecular weight excluding hydrogens is 537 g/mol. The molecule has 2 aromatic carbocycles. The van der Waals surface area contributed by atoms with Gasteiger partial charge in [0.05, 0.1) is 23.4 Å². The molecule has 2 aliphatic rings. The van der Waals surface area contributed by atoms with Crippen LogP contribution in [0.25, 0.3) is 6.08 Å². The minimum Gasteiger partial charge on any atom is -0.490 e. The molecule has 2 fully saturated rings. The molecular formula is C29H37ClFN5O4. The molecule has 1 saturated carbocycles. The lowest BCUT2D eigenvalue weighted by Crippen LogP contribution is -2.65. The molecule has 1 aliphatic carbocycles. The molecule has 0 bridgehead atoms. The number of aldehydes is 2. The van der Waals surface area contributed by atoms with Gasteiger partial charge in [0, 0.05) is 81.4 Å². The van der Waals surface area contributed by atoms with Crippen molar-refractivity contribution in [3.05, 3.63) is 58.0 Å². The zero-order valence-corrected chi connectivity index (χ0v) is 23.8. The van der Waals surface area contributed by atoms with E-state index >= 15 is 0 Å². The van der Waals surface area contributed by atoms with Crippen molar-refractivity contribution in [2.75, 3.05) is 64.6 Å². The standard InChI is InChI=1S/C28H33ClFN5O3.CH4O/c1-34(2)8-5-21-22(16-37)23(29)3-4-27(21)38-20-13-28(14-20)17-35(18-28)9-6-32-26-12-25(33-7-10-36)19(15-31)11-24(26)30;1-2/h3-5,8,10-12,15-16,20,31-33H,6-7,9,13-14,17-18H2,1-2H3;2H,1H3/b8-5-,31-15?;. The van der Waals surface area contributed by atoms with Crippen LogP contribution in [0.5, 0.6) is 5.75 Å². The second-order valence-corrected chi connectivity index (χ2v) is 10.6. The molecule has 0 radical (unpaired) electrons. The van der Waals surface area contributed by atoms with Crippen LogP contribution < -0.4 is 15.4 Å². The third kappa shape index (κ3) is 7.38. The Labute approximate surface area is 239 Å². The van der Waals surface area contributed by atoms with Crippen LogP contribution in [0.15, 0.2) is 30.5 Å². The first-order chi connectivity index (χ1) is 19.3. The summed E-state index contributed by atoms with van der Waals surface area (Å²) < 4.78 is 20.7. The van der Waals surface area contributed by atoms with Crippen LogP contribution in [0, 0.1) is 16.6 Å². The normalized spacial score (nSPS) is 15.8. The predicted octanol–water partition coefficient (Wildman–Crippen LogP) is 4.00. The lowest BCUT2D eigenvalue weighted by molar-refractivity contribution is -0.117. The van der Waals surface area contributed by atoms with Gasteiger partial charge in [-0.05, 0) is 49.4 Å². The first kappa shape index (κ1) is 31.1. The van der Waals surface area contributed by atoms with E-state index in [-0.39, 0.29) is 18.1 Å². The number of hydrogen-bond acceptors (Lipinski definition) is 9. The molecule has 1 aliphatic heterocycles. The van der Waals surface area contributed by atoms with Gasteiger partial charge in [0.1, 0.15) is 17.9 Å². The molecule has 40 heavy (non-hydrogen) atoms. The molecule has 11 heteroatoms. The molecule has 4 rings (SSSR count). The monoisotopic (exact) mass is 573 g/mol. The van der Waals surface area contributed by atoms with Crippen LogP contribution >= 0.6 is 11.6 Å². The number of ether oxygens (including phenoxy) is 1. The Kier molecular flexibility index (Phi) is 11.1. The quantitative estimate of drug-likeness (QED) is 0.210. The van der Waals surface area contributed by atoms with Gasteiger partial charge in [0.25, 0.3) is 0 Å². The number of carbonyl (C=O) groups is 2. The Balaban J connectivity index is 0.00000216. The van der Waals surface area contributed by atoms with Crippen LogP contribution in [0.1, 0.15) is 34.3 Å². The fourth-order valence-electron chi connectivity index (χ4n) is 5.19. The van der Waals surface area contributed by atoms with E-state index in [2.05, 4.69) is 15.5 Å². The molecule has 0 amide bonds. The summed E-state index contributed by atoms with van der Waals surface area (Å²) in [4.78, 5) is 26.5. The Morgan fingerprint density at radius 3 is 2.52 bits per heavy atom. The Morgan fingerprint density at radius 1 is 1.18 bits per heavy atom. The van der Waals surface area contributed by atoms with Crippen LogP contribution in [-0.2, 0) is 4.79 Å². The van der Waals surface area contributed by atoms with E-state index in [0.717, 1.165) is 58.4 Å². The van der Waals surface area contributed by atoms with Crippen molar-refractivity contribution in [3.8, 4) is 5.75 Å². The summed E-state index contributed by atoms with van der Waals surface area (Å²) in [5, 5.41) is 20.9. The molecule has 9 nitrogen and oxygen atoms in total. The number of rotatable bonds is 13. The summed E-state index contributed by atoms with van der Waals surface area (Å²) in [6.07, 6.45) is 8.23. The van der Waals surface area contributed by atoms with Crippen molar-refractivity contribution in [2.45, 2.75) is 18.9 Å². The van der Waals surface area contributed by atoms with Gasteiger partial charge < -0.3 is 40.5 Å². The van der Waals surface area contributed by atoms with Gasteiger partial charge in [-0.2, -0.15) is 0 Å². The number of hydrogen-bond donors (Lipinski definition) is 4. The number of benzene rings is 2. The molecule has 0 aromatic heterocycles. The molecule has 216 valence electrons. The molecule has 4 N–H and O–H groups in total. The third-order valence-corrected chi connectivity index (χ3v) is 7.33. The number of aliphatic hydroxyl groups excluding tert-OH is 1. The predicted molar refractivity (Wildman–Crippen MR) is 158 cm³/mol. The summed E-state index contributed by atoms with van der Waals surface area (Å²) in [5.74, 6) is 0.229. The Bertz CT molecular complexity index is 1230. The topological polar surface area (TPSA) is 118 Å². The number of carbonyl (C=O) groups excluding carboxylic acids is 2. The maximum atomic E-state index is 14.4. The molecule has 2 aromatic rings. The van der Waals surface area contributed by atoms with E-state index in [0.29, 0.717) is 45.4 Å². The first-order valence-corrected chi connectivity index (χ1v) is 13.4.